The zero-order chi connectivity index (χ0) is 25.5. The molecule has 0 aliphatic carbocycles. The Labute approximate surface area is 208 Å². The number of carboxylic acids is 1. The van der Waals surface area contributed by atoms with Gasteiger partial charge in [-0.25, -0.2) is 4.79 Å². The van der Waals surface area contributed by atoms with Gasteiger partial charge in [0.05, 0.1) is 27.6 Å². The van der Waals surface area contributed by atoms with Gasteiger partial charge in [0.25, 0.3) is 0 Å². The van der Waals surface area contributed by atoms with Crippen molar-refractivity contribution in [2.75, 3.05) is 27.7 Å². The first-order valence-corrected chi connectivity index (χ1v) is 13.1. The summed E-state index contributed by atoms with van der Waals surface area (Å²) in [7, 11) is 5.79. The number of esters is 1. The zero-order valence-electron chi connectivity index (χ0n) is 22.2. The van der Waals surface area contributed by atoms with Gasteiger partial charge >= 0.3 is 11.9 Å². The van der Waals surface area contributed by atoms with Crippen molar-refractivity contribution in [1.29, 1.82) is 0 Å². The minimum absolute atomic E-state index is 0.195. The van der Waals surface area contributed by atoms with E-state index in [1.165, 1.54) is 76.7 Å². The van der Waals surface area contributed by atoms with Gasteiger partial charge in [-0.3, -0.25) is 4.79 Å². The van der Waals surface area contributed by atoms with Crippen molar-refractivity contribution in [3.63, 3.8) is 0 Å². The molecule has 0 bridgehead atoms. The lowest BCUT2D eigenvalue weighted by atomic mass is 10.1. The summed E-state index contributed by atoms with van der Waals surface area (Å²) in [6.07, 6.45) is 30.0. The third kappa shape index (κ3) is 24.5. The smallest absolute Gasteiger partial charge is 0.331 e. The van der Waals surface area contributed by atoms with Crippen LogP contribution in [0.25, 0.3) is 0 Å². The molecule has 0 spiro atoms. The molecule has 0 aliphatic rings. The lowest BCUT2D eigenvalue weighted by molar-refractivity contribution is -0.873. The fraction of sp³-hybridized carbons (Fsp3) is 0.655. The number of likely N-dealkylation sites (N-methyl/N-ethyl adjacent to an activating group) is 1. The van der Waals surface area contributed by atoms with Gasteiger partial charge in [0.2, 0.25) is 0 Å². The molecule has 0 amide bonds. The Balaban J connectivity index is 3.87. The van der Waals surface area contributed by atoms with E-state index >= 15 is 0 Å². The molecule has 1 N–H and O–H groups in total. The number of hydrogen-bond acceptors (Lipinski definition) is 3. The van der Waals surface area contributed by atoms with Crippen molar-refractivity contribution < 1.29 is 23.9 Å². The number of unbranched alkanes of at least 4 members (excludes halogenated alkanes) is 11. The van der Waals surface area contributed by atoms with Crippen LogP contribution in [0.15, 0.2) is 48.6 Å². The van der Waals surface area contributed by atoms with Gasteiger partial charge in [-0.1, -0.05) is 114 Å². The van der Waals surface area contributed by atoms with E-state index in [4.69, 9.17) is 9.84 Å². The quantitative estimate of drug-likeness (QED) is 0.0636. The van der Waals surface area contributed by atoms with Crippen LogP contribution in [0.2, 0.25) is 0 Å². The maximum atomic E-state index is 11.9. The number of hydrogen-bond donors (Lipinski definition) is 1. The monoisotopic (exact) mass is 476 g/mol. The second-order valence-corrected chi connectivity index (χ2v) is 10.0. The van der Waals surface area contributed by atoms with Gasteiger partial charge in [0.1, 0.15) is 6.54 Å². The Morgan fingerprint density at radius 2 is 1.26 bits per heavy atom. The van der Waals surface area contributed by atoms with Gasteiger partial charge in [0.15, 0.2) is 6.10 Å². The Morgan fingerprint density at radius 3 is 1.79 bits per heavy atom. The van der Waals surface area contributed by atoms with Gasteiger partial charge in [-0.15, -0.1) is 0 Å². The first-order chi connectivity index (χ1) is 16.2. The molecule has 34 heavy (non-hydrogen) atoms. The number of rotatable bonds is 21. The molecule has 5 nitrogen and oxygen atoms in total. The van der Waals surface area contributed by atoms with Crippen molar-refractivity contribution >= 4 is 11.9 Å². The largest absolute Gasteiger partial charge is 0.481 e. The topological polar surface area (TPSA) is 63.6 Å². The molecule has 0 rings (SSSR count). The van der Waals surface area contributed by atoms with Crippen LogP contribution in [0, 0.1) is 0 Å². The normalized spacial score (nSPS) is 13.5. The maximum Gasteiger partial charge on any atom is 0.331 e. The first kappa shape index (κ1) is 31.9. The van der Waals surface area contributed by atoms with E-state index in [9.17, 15) is 9.59 Å². The van der Waals surface area contributed by atoms with Crippen molar-refractivity contribution in [3.8, 4) is 0 Å². The van der Waals surface area contributed by atoms with Crippen molar-refractivity contribution in [3.05, 3.63) is 48.6 Å². The summed E-state index contributed by atoms with van der Waals surface area (Å²) >= 11 is 0. The molecule has 1 atom stereocenters. The standard InChI is InChI=1S/C29H49NO4/c1-5-6-7-8-9-10-11-12-13-14-15-16-17-18-19-20-21-22-23-24-29(33)34-27(25-28(31)32)26-30(2,3)4/h17-24,27H,5-16,25-26H2,1-4H3/p+1. The SMILES string of the molecule is CCCCCCCCCCCCCC=CC=CC=CC=CC(=O)OC(CC(=O)O)C[N+](C)(C)C. The minimum atomic E-state index is -0.975. The number of allylic oxidation sites excluding steroid dienone is 7. The Hall–Kier alpha value is -2.14. The van der Waals surface area contributed by atoms with Crippen LogP contribution in [-0.2, 0) is 14.3 Å². The second kappa shape index (κ2) is 21.4. The van der Waals surface area contributed by atoms with Crippen LogP contribution in [-0.4, -0.2) is 55.3 Å². The van der Waals surface area contributed by atoms with E-state index < -0.39 is 18.0 Å². The molecule has 0 radical (unpaired) electrons. The van der Waals surface area contributed by atoms with E-state index in [1.807, 2.05) is 39.4 Å². The Kier molecular flexibility index (Phi) is 20.1. The number of aliphatic carboxylic acids is 1. The summed E-state index contributed by atoms with van der Waals surface area (Å²) in [5, 5.41) is 9.00. The molecule has 0 aromatic rings. The highest BCUT2D eigenvalue weighted by Crippen LogP contribution is 2.12. The van der Waals surface area contributed by atoms with Crippen LogP contribution in [0.3, 0.4) is 0 Å². The summed E-state index contributed by atoms with van der Waals surface area (Å²) in [5.41, 5.74) is 0. The fourth-order valence-corrected chi connectivity index (χ4v) is 3.64. The minimum Gasteiger partial charge on any atom is -0.481 e. The number of ether oxygens (including phenoxy) is 1. The highest BCUT2D eigenvalue weighted by atomic mass is 16.5. The molecule has 0 fully saturated rings. The Bertz CT molecular complexity index is 641. The van der Waals surface area contributed by atoms with Crippen LogP contribution in [0.5, 0.6) is 0 Å². The van der Waals surface area contributed by atoms with Gasteiger partial charge in [-0.2, -0.15) is 0 Å². The zero-order valence-corrected chi connectivity index (χ0v) is 22.2. The van der Waals surface area contributed by atoms with Crippen molar-refractivity contribution in [1.82, 2.24) is 0 Å². The van der Waals surface area contributed by atoms with Gasteiger partial charge < -0.3 is 14.3 Å². The highest BCUT2D eigenvalue weighted by Gasteiger charge is 2.23. The number of carbonyl (C=O) groups excluding carboxylic acids is 1. The predicted molar refractivity (Wildman–Crippen MR) is 143 cm³/mol. The number of nitrogens with zero attached hydrogens (tertiary/aromatic N) is 1. The molecular formula is C29H50NO4+. The summed E-state index contributed by atoms with van der Waals surface area (Å²) in [6.45, 7) is 2.71. The lowest BCUT2D eigenvalue weighted by Crippen LogP contribution is -2.43. The van der Waals surface area contributed by atoms with Crippen LogP contribution in [0.1, 0.15) is 90.4 Å². The summed E-state index contributed by atoms with van der Waals surface area (Å²) < 4.78 is 5.81. The van der Waals surface area contributed by atoms with E-state index in [-0.39, 0.29) is 6.42 Å². The van der Waals surface area contributed by atoms with E-state index in [2.05, 4.69) is 19.1 Å². The van der Waals surface area contributed by atoms with Crippen LogP contribution >= 0.6 is 0 Å². The number of carboxylic acid groups (broad SMARTS) is 1. The van der Waals surface area contributed by atoms with E-state index in [1.54, 1.807) is 12.2 Å². The molecule has 0 saturated carbocycles. The summed E-state index contributed by atoms with van der Waals surface area (Å²) in [4.78, 5) is 22.9. The third-order valence-electron chi connectivity index (χ3n) is 5.33. The molecule has 0 aromatic carbocycles. The van der Waals surface area contributed by atoms with Gasteiger partial charge in [0, 0.05) is 6.08 Å². The predicted octanol–water partition coefficient (Wildman–Crippen LogP) is 7.01. The average molecular weight is 477 g/mol. The molecule has 0 aliphatic heterocycles. The van der Waals surface area contributed by atoms with Crippen molar-refractivity contribution in [2.24, 2.45) is 0 Å². The fourth-order valence-electron chi connectivity index (χ4n) is 3.64. The second-order valence-electron chi connectivity index (χ2n) is 10.0. The van der Waals surface area contributed by atoms with Crippen LogP contribution in [0.4, 0.5) is 0 Å². The molecule has 194 valence electrons. The third-order valence-corrected chi connectivity index (χ3v) is 5.33. The van der Waals surface area contributed by atoms with E-state index in [0.717, 1.165) is 6.42 Å². The molecule has 0 saturated heterocycles. The van der Waals surface area contributed by atoms with Gasteiger partial charge in [-0.05, 0) is 12.8 Å². The number of carbonyl (C=O) groups is 2. The van der Waals surface area contributed by atoms with E-state index in [0.29, 0.717) is 11.0 Å². The first-order valence-electron chi connectivity index (χ1n) is 13.1. The van der Waals surface area contributed by atoms with Crippen molar-refractivity contribution in [2.45, 2.75) is 96.5 Å². The number of quaternary nitrogens is 1. The Morgan fingerprint density at radius 1 is 0.765 bits per heavy atom. The summed E-state index contributed by atoms with van der Waals surface area (Å²) in [5.74, 6) is -1.50. The molecule has 0 heterocycles. The van der Waals surface area contributed by atoms with Crippen LogP contribution < -0.4 is 0 Å². The molecule has 5 heteroatoms. The lowest BCUT2D eigenvalue weighted by Gasteiger charge is -2.28. The molecule has 0 aromatic heterocycles. The highest BCUT2D eigenvalue weighted by molar-refractivity contribution is 5.82. The average Bonchev–Trinajstić information content (AvgIpc) is 2.73. The summed E-state index contributed by atoms with van der Waals surface area (Å²) in [6, 6.07) is 0. The molecular weight excluding hydrogens is 426 g/mol. The molecule has 1 unspecified atom stereocenters. The maximum absolute atomic E-state index is 11.9.